The van der Waals surface area contributed by atoms with Gasteiger partial charge in [-0.05, 0) is 73.1 Å². The largest absolute Gasteiger partial charge is 0.322 e. The summed E-state index contributed by atoms with van der Waals surface area (Å²) in [6.45, 7) is 2.76. The van der Waals surface area contributed by atoms with Crippen LogP contribution in [0.1, 0.15) is 54.6 Å². The fourth-order valence-electron chi connectivity index (χ4n) is 4.95. The number of aromatic nitrogens is 1. The van der Waals surface area contributed by atoms with Gasteiger partial charge in [0.15, 0.2) is 0 Å². The average Bonchev–Trinajstić information content (AvgIpc) is 3.18. The Hall–Kier alpha value is -3.01. The number of nitrogens with zero attached hydrogens (tertiary/aromatic N) is 2. The van der Waals surface area contributed by atoms with E-state index in [-0.39, 0.29) is 12.1 Å². The maximum Gasteiger partial charge on any atom is 0.322 e. The molecule has 2 aliphatic rings. The van der Waals surface area contributed by atoms with Crippen molar-refractivity contribution in [1.82, 2.24) is 9.47 Å². The van der Waals surface area contributed by atoms with Gasteiger partial charge in [0.05, 0.1) is 18.3 Å². The second-order valence-electron chi connectivity index (χ2n) is 8.06. The Morgan fingerprint density at radius 3 is 2.72 bits per heavy atom. The molecule has 1 atom stereocenters. The van der Waals surface area contributed by atoms with Gasteiger partial charge in [-0.2, -0.15) is 0 Å². The number of hydrogen-bond acceptors (Lipinski definition) is 1. The Bertz CT molecular complexity index is 1050. The Kier molecular flexibility index (Phi) is 4.62. The minimum Gasteiger partial charge on any atom is -0.318 e. The van der Waals surface area contributed by atoms with Gasteiger partial charge < -0.3 is 14.8 Å². The van der Waals surface area contributed by atoms with Crippen molar-refractivity contribution < 1.29 is 4.79 Å². The molecule has 5 rings (SSSR count). The maximum atomic E-state index is 13.5. The number of amides is 2. The molecule has 0 saturated carbocycles. The summed E-state index contributed by atoms with van der Waals surface area (Å²) in [5, 5.41) is 3.26. The van der Waals surface area contributed by atoms with E-state index in [1.54, 1.807) is 0 Å². The van der Waals surface area contributed by atoms with E-state index in [2.05, 4.69) is 77.6 Å². The zero-order valence-electron chi connectivity index (χ0n) is 16.9. The second-order valence-corrected chi connectivity index (χ2v) is 8.06. The third-order valence-electron chi connectivity index (χ3n) is 6.37. The highest BCUT2D eigenvalue weighted by Crippen LogP contribution is 2.35. The summed E-state index contributed by atoms with van der Waals surface area (Å²) < 4.78 is 2.24. The van der Waals surface area contributed by atoms with Crippen molar-refractivity contribution in [1.29, 1.82) is 0 Å². The molecule has 148 valence electrons. The normalized spacial score (nSPS) is 17.7. The molecule has 1 aliphatic carbocycles. The van der Waals surface area contributed by atoms with E-state index in [1.165, 1.54) is 40.9 Å². The van der Waals surface area contributed by atoms with Crippen molar-refractivity contribution in [3.63, 3.8) is 0 Å². The molecule has 1 aliphatic heterocycles. The predicted molar refractivity (Wildman–Crippen MR) is 116 cm³/mol. The number of anilines is 1. The SMILES string of the molecule is CC[C@@H]1c2cccn2-c2ccccc2CN1C(=O)Nc1cccc2c1CCCC2. The van der Waals surface area contributed by atoms with Crippen molar-refractivity contribution in [3.8, 4) is 5.69 Å². The van der Waals surface area contributed by atoms with E-state index in [0.717, 1.165) is 24.9 Å². The van der Waals surface area contributed by atoms with Gasteiger partial charge >= 0.3 is 6.03 Å². The summed E-state index contributed by atoms with van der Waals surface area (Å²) in [5.41, 5.74) is 7.19. The van der Waals surface area contributed by atoms with Crippen molar-refractivity contribution in [2.75, 3.05) is 5.32 Å². The fraction of sp³-hybridized carbons (Fsp3) is 0.320. The van der Waals surface area contributed by atoms with Crippen molar-refractivity contribution in [2.45, 2.75) is 51.6 Å². The summed E-state index contributed by atoms with van der Waals surface area (Å²) in [6, 6.07) is 18.9. The summed E-state index contributed by atoms with van der Waals surface area (Å²) in [6.07, 6.45) is 7.57. The van der Waals surface area contributed by atoms with E-state index in [1.807, 2.05) is 4.90 Å². The van der Waals surface area contributed by atoms with Crippen LogP contribution in [0.3, 0.4) is 0 Å². The molecule has 1 N–H and O–H groups in total. The standard InChI is InChI=1S/C25H27N3O/c1-2-22-24-15-8-16-27(24)23-14-6-4-10-19(23)17-28(22)25(29)26-21-13-7-11-18-9-3-5-12-20(18)21/h4,6-8,10-11,13-16,22H,2-3,5,9,12,17H2,1H3,(H,26,29)/t22-/m1/s1. The van der Waals surface area contributed by atoms with Crippen LogP contribution in [-0.4, -0.2) is 15.5 Å². The lowest BCUT2D eigenvalue weighted by atomic mass is 9.90. The average molecular weight is 386 g/mol. The molecule has 2 aromatic carbocycles. The first-order chi connectivity index (χ1) is 14.3. The van der Waals surface area contributed by atoms with Gasteiger partial charge in [0.25, 0.3) is 0 Å². The monoisotopic (exact) mass is 385 g/mol. The molecule has 0 saturated heterocycles. The highest BCUT2D eigenvalue weighted by molar-refractivity contribution is 5.91. The number of urea groups is 1. The van der Waals surface area contributed by atoms with E-state index < -0.39 is 0 Å². The number of hydrogen-bond donors (Lipinski definition) is 1. The smallest absolute Gasteiger partial charge is 0.318 e. The topological polar surface area (TPSA) is 37.3 Å². The molecular formula is C25H27N3O. The third kappa shape index (κ3) is 3.13. The summed E-state index contributed by atoms with van der Waals surface area (Å²) >= 11 is 0. The van der Waals surface area contributed by atoms with E-state index in [4.69, 9.17) is 0 Å². The van der Waals surface area contributed by atoms with Crippen molar-refractivity contribution in [3.05, 3.63) is 83.2 Å². The third-order valence-corrected chi connectivity index (χ3v) is 6.37. The van der Waals surface area contributed by atoms with E-state index in [9.17, 15) is 4.79 Å². The van der Waals surface area contributed by atoms with Gasteiger partial charge in [-0.25, -0.2) is 4.79 Å². The number of fused-ring (bicyclic) bond motifs is 4. The van der Waals surface area contributed by atoms with Crippen LogP contribution in [-0.2, 0) is 19.4 Å². The Balaban J connectivity index is 1.51. The lowest BCUT2D eigenvalue weighted by molar-refractivity contribution is 0.181. The summed E-state index contributed by atoms with van der Waals surface area (Å²) in [7, 11) is 0. The minimum atomic E-state index is -0.0136. The van der Waals surface area contributed by atoms with Crippen LogP contribution >= 0.6 is 0 Å². The number of carbonyl (C=O) groups is 1. The van der Waals surface area contributed by atoms with Crippen LogP contribution in [0, 0.1) is 0 Å². The Morgan fingerprint density at radius 1 is 1.00 bits per heavy atom. The molecule has 0 radical (unpaired) electrons. The lowest BCUT2D eigenvalue weighted by Crippen LogP contribution is -2.37. The van der Waals surface area contributed by atoms with Crippen molar-refractivity contribution in [2.24, 2.45) is 0 Å². The number of aryl methyl sites for hydroxylation is 1. The van der Waals surface area contributed by atoms with Crippen molar-refractivity contribution >= 4 is 11.7 Å². The first-order valence-electron chi connectivity index (χ1n) is 10.7. The number of nitrogens with one attached hydrogen (secondary N) is 1. The number of rotatable bonds is 2. The van der Waals surface area contributed by atoms with E-state index in [0.29, 0.717) is 6.54 Å². The number of benzene rings is 2. The molecule has 2 amide bonds. The number of para-hydroxylation sites is 1. The highest BCUT2D eigenvalue weighted by atomic mass is 16.2. The molecule has 2 heterocycles. The van der Waals surface area contributed by atoms with Gasteiger partial charge in [-0.3, -0.25) is 0 Å². The Labute approximate surface area is 172 Å². The van der Waals surface area contributed by atoms with Gasteiger partial charge in [-0.1, -0.05) is 37.3 Å². The Morgan fingerprint density at radius 2 is 1.83 bits per heavy atom. The zero-order valence-corrected chi connectivity index (χ0v) is 16.9. The summed E-state index contributed by atoms with van der Waals surface area (Å²) in [5.74, 6) is 0. The summed E-state index contributed by atoms with van der Waals surface area (Å²) in [4.78, 5) is 15.5. The molecule has 0 fully saturated rings. The highest BCUT2D eigenvalue weighted by Gasteiger charge is 2.31. The molecule has 0 bridgehead atoms. The zero-order chi connectivity index (χ0) is 19.8. The van der Waals surface area contributed by atoms with Gasteiger partial charge in [-0.15, -0.1) is 0 Å². The first-order valence-corrected chi connectivity index (χ1v) is 10.7. The van der Waals surface area contributed by atoms with Crippen LogP contribution in [0.15, 0.2) is 60.8 Å². The second kappa shape index (κ2) is 7.43. The molecular weight excluding hydrogens is 358 g/mol. The van der Waals surface area contributed by atoms with Crippen LogP contribution in [0.2, 0.25) is 0 Å². The molecule has 29 heavy (non-hydrogen) atoms. The molecule has 0 unspecified atom stereocenters. The molecule has 4 nitrogen and oxygen atoms in total. The first kappa shape index (κ1) is 18.0. The molecule has 4 heteroatoms. The quantitative estimate of drug-likeness (QED) is 0.590. The fourth-order valence-corrected chi connectivity index (χ4v) is 4.95. The molecule has 0 spiro atoms. The van der Waals surface area contributed by atoms with Gasteiger partial charge in [0, 0.05) is 17.6 Å². The van der Waals surface area contributed by atoms with Gasteiger partial charge in [0.1, 0.15) is 0 Å². The van der Waals surface area contributed by atoms with Crippen LogP contribution in [0.4, 0.5) is 10.5 Å². The predicted octanol–water partition coefficient (Wildman–Crippen LogP) is 5.85. The lowest BCUT2D eigenvalue weighted by Gasteiger charge is -2.30. The van der Waals surface area contributed by atoms with E-state index >= 15 is 0 Å². The maximum absolute atomic E-state index is 13.5. The molecule has 3 aromatic rings. The minimum absolute atomic E-state index is 0.0136. The van der Waals surface area contributed by atoms with Crippen LogP contribution in [0.25, 0.3) is 5.69 Å². The van der Waals surface area contributed by atoms with Crippen LogP contribution in [0.5, 0.6) is 0 Å². The van der Waals surface area contributed by atoms with Gasteiger partial charge in [0.2, 0.25) is 0 Å². The number of carbonyl (C=O) groups excluding carboxylic acids is 1. The molecule has 1 aromatic heterocycles. The van der Waals surface area contributed by atoms with Crippen LogP contribution < -0.4 is 5.32 Å².